The maximum Gasteiger partial charge on any atom is 0.167 e. The zero-order valence-corrected chi connectivity index (χ0v) is 19.4. The van der Waals surface area contributed by atoms with Gasteiger partial charge in [0, 0.05) is 42.3 Å². The molecule has 0 aliphatic carbocycles. The zero-order chi connectivity index (χ0) is 21.1. The third-order valence-electron chi connectivity index (χ3n) is 5.01. The zero-order valence-electron chi connectivity index (χ0n) is 17.0. The summed E-state index contributed by atoms with van der Waals surface area (Å²) in [6.45, 7) is 5.01. The van der Waals surface area contributed by atoms with E-state index in [1.54, 1.807) is 22.7 Å². The van der Waals surface area contributed by atoms with E-state index in [1.807, 2.05) is 24.4 Å². The van der Waals surface area contributed by atoms with Crippen LogP contribution >= 0.6 is 27.9 Å². The summed E-state index contributed by atoms with van der Waals surface area (Å²) in [5.41, 5.74) is 9.86. The molecule has 0 aliphatic heterocycles. The third kappa shape index (κ3) is 4.10. The minimum Gasteiger partial charge on any atom is -0.383 e. The molecule has 0 spiro atoms. The summed E-state index contributed by atoms with van der Waals surface area (Å²) in [6.07, 6.45) is 6.76. The molecule has 4 rings (SSSR count). The van der Waals surface area contributed by atoms with Gasteiger partial charge in [0.2, 0.25) is 0 Å². The molecule has 4 aromatic rings. The Balaban J connectivity index is 1.64. The first kappa shape index (κ1) is 20.9. The minimum atomic E-state index is 0.516. The van der Waals surface area contributed by atoms with Gasteiger partial charge >= 0.3 is 0 Å². The molecule has 1 aromatic carbocycles. The smallest absolute Gasteiger partial charge is 0.167 e. The molecule has 30 heavy (non-hydrogen) atoms. The van der Waals surface area contributed by atoms with Crippen LogP contribution in [0.2, 0.25) is 0 Å². The second kappa shape index (κ2) is 9.20. The topological polar surface area (TPSA) is 84.4 Å². The predicted octanol–water partition coefficient (Wildman–Crippen LogP) is 4.69. The molecule has 0 fully saturated rings. The Morgan fingerprint density at radius 1 is 1.27 bits per heavy atom. The van der Waals surface area contributed by atoms with E-state index in [0.717, 1.165) is 58.4 Å². The number of halogens is 1. The molecule has 0 unspecified atom stereocenters. The van der Waals surface area contributed by atoms with Crippen molar-refractivity contribution >= 4 is 56.1 Å². The van der Waals surface area contributed by atoms with Crippen LogP contribution < -0.4 is 11.1 Å². The monoisotopic (exact) mass is 485 g/mol. The van der Waals surface area contributed by atoms with E-state index >= 15 is 0 Å². The minimum absolute atomic E-state index is 0.516. The van der Waals surface area contributed by atoms with Gasteiger partial charge in [0.25, 0.3) is 0 Å². The summed E-state index contributed by atoms with van der Waals surface area (Å²) in [6, 6.07) is 10.2. The number of anilines is 2. The number of nitrogens with two attached hydrogens (primary N) is 1. The first-order valence-corrected chi connectivity index (χ1v) is 11.8. The third-order valence-corrected chi connectivity index (χ3v) is 6.75. The highest BCUT2D eigenvalue weighted by Gasteiger charge is 2.16. The van der Waals surface area contributed by atoms with Crippen molar-refractivity contribution in [2.24, 2.45) is 0 Å². The molecular weight excluding hydrogens is 462 g/mol. The fourth-order valence-corrected chi connectivity index (χ4v) is 4.34. The number of para-hydroxylation sites is 1. The van der Waals surface area contributed by atoms with Crippen molar-refractivity contribution in [3.05, 3.63) is 47.2 Å². The number of nitrogens with one attached hydrogen (secondary N) is 1. The highest BCUT2D eigenvalue weighted by atomic mass is 79.9. The first-order chi connectivity index (χ1) is 14.6. The molecule has 9 heteroatoms. The molecule has 0 saturated carbocycles. The van der Waals surface area contributed by atoms with Gasteiger partial charge in [-0.05, 0) is 40.7 Å². The van der Waals surface area contributed by atoms with Crippen molar-refractivity contribution < 1.29 is 0 Å². The molecule has 0 radical (unpaired) electrons. The number of pyridine rings is 1. The van der Waals surface area contributed by atoms with Gasteiger partial charge in [-0.3, -0.25) is 9.29 Å². The van der Waals surface area contributed by atoms with Crippen LogP contribution in [-0.2, 0) is 0 Å². The molecule has 0 aliphatic rings. The molecule has 3 N–H and O–H groups in total. The van der Waals surface area contributed by atoms with Crippen LogP contribution in [0.4, 0.5) is 11.6 Å². The predicted molar refractivity (Wildman–Crippen MR) is 130 cm³/mol. The largest absolute Gasteiger partial charge is 0.383 e. The summed E-state index contributed by atoms with van der Waals surface area (Å²) >= 11 is 5.34. The van der Waals surface area contributed by atoms with Crippen LogP contribution in [0, 0.1) is 0 Å². The molecule has 3 aromatic heterocycles. The molecular formula is C21H24BrN7S. The molecule has 3 heterocycles. The highest BCUT2D eigenvalue weighted by molar-refractivity contribution is 9.10. The van der Waals surface area contributed by atoms with Crippen LogP contribution in [0.3, 0.4) is 0 Å². The fraction of sp³-hybridized carbons (Fsp3) is 0.286. The summed E-state index contributed by atoms with van der Waals surface area (Å²) in [5.74, 6) is 1.24. The average molecular weight is 486 g/mol. The van der Waals surface area contributed by atoms with Crippen LogP contribution in [0.15, 0.2) is 47.2 Å². The molecule has 7 nitrogen and oxygen atoms in total. The lowest BCUT2D eigenvalue weighted by Crippen LogP contribution is -2.19. The van der Waals surface area contributed by atoms with Gasteiger partial charge in [0.1, 0.15) is 16.1 Å². The first-order valence-electron chi connectivity index (χ1n) is 9.83. The van der Waals surface area contributed by atoms with Crippen molar-refractivity contribution in [2.75, 3.05) is 36.9 Å². The van der Waals surface area contributed by atoms with Crippen LogP contribution in [-0.4, -0.2) is 49.8 Å². The Bertz CT molecular complexity index is 1170. The number of nitrogen functional groups attached to an aromatic ring is 1. The molecule has 0 amide bonds. The Morgan fingerprint density at radius 3 is 2.90 bits per heavy atom. The van der Waals surface area contributed by atoms with Crippen molar-refractivity contribution in [3.63, 3.8) is 0 Å². The van der Waals surface area contributed by atoms with Crippen LogP contribution in [0.25, 0.3) is 27.7 Å². The van der Waals surface area contributed by atoms with Crippen molar-refractivity contribution in [3.8, 4) is 11.1 Å². The van der Waals surface area contributed by atoms with Gasteiger partial charge in [-0.25, -0.2) is 4.98 Å². The van der Waals surface area contributed by atoms with E-state index < -0.39 is 0 Å². The maximum atomic E-state index is 6.34. The van der Waals surface area contributed by atoms with Crippen LogP contribution in [0.5, 0.6) is 0 Å². The molecule has 0 bridgehead atoms. The SMILES string of the molecule is CCN(CCCNc1nc2c(-c3cnc4ccccc4c3)cnn2c(N)c1Br)SC. The van der Waals surface area contributed by atoms with E-state index in [0.29, 0.717) is 11.5 Å². The van der Waals surface area contributed by atoms with Gasteiger partial charge in [0.05, 0.1) is 11.7 Å². The summed E-state index contributed by atoms with van der Waals surface area (Å²) in [5, 5.41) is 8.95. The van der Waals surface area contributed by atoms with Crippen molar-refractivity contribution in [1.29, 1.82) is 0 Å². The Kier molecular flexibility index (Phi) is 6.40. The fourth-order valence-electron chi connectivity index (χ4n) is 3.37. The van der Waals surface area contributed by atoms with Gasteiger partial charge < -0.3 is 11.1 Å². The van der Waals surface area contributed by atoms with E-state index in [1.165, 1.54) is 0 Å². The van der Waals surface area contributed by atoms with Gasteiger partial charge in [-0.1, -0.05) is 37.1 Å². The van der Waals surface area contributed by atoms with Gasteiger partial charge in [-0.15, -0.1) is 0 Å². The molecule has 0 saturated heterocycles. The van der Waals surface area contributed by atoms with Crippen LogP contribution in [0.1, 0.15) is 13.3 Å². The molecule has 156 valence electrons. The second-order valence-electron chi connectivity index (χ2n) is 6.85. The average Bonchev–Trinajstić information content (AvgIpc) is 3.20. The van der Waals surface area contributed by atoms with E-state index in [4.69, 9.17) is 10.7 Å². The number of nitrogens with zero attached hydrogens (tertiary/aromatic N) is 5. The second-order valence-corrected chi connectivity index (χ2v) is 8.53. The Hall–Kier alpha value is -2.36. The standard InChI is InChI=1S/C21H24BrN7S/c1-3-28(30-2)10-6-9-24-20-18(22)19(23)29-21(27-20)16(13-26-29)15-11-14-7-4-5-8-17(14)25-12-15/h4-5,7-8,11-13H,3,6,9-10,23H2,1-2H3,(H,24,27). The number of aromatic nitrogens is 4. The number of benzene rings is 1. The Labute approximate surface area is 188 Å². The number of fused-ring (bicyclic) bond motifs is 2. The van der Waals surface area contributed by atoms with Crippen molar-refractivity contribution in [1.82, 2.24) is 23.9 Å². The highest BCUT2D eigenvalue weighted by Crippen LogP contribution is 2.32. The molecule has 0 atom stereocenters. The quantitative estimate of drug-likeness (QED) is 0.276. The number of hydrogen-bond donors (Lipinski definition) is 2. The maximum absolute atomic E-state index is 6.34. The van der Waals surface area contributed by atoms with Crippen molar-refractivity contribution in [2.45, 2.75) is 13.3 Å². The van der Waals surface area contributed by atoms with E-state index in [2.05, 4.69) is 60.9 Å². The van der Waals surface area contributed by atoms with Gasteiger partial charge in [0.15, 0.2) is 5.65 Å². The lowest BCUT2D eigenvalue weighted by Gasteiger charge is -2.17. The summed E-state index contributed by atoms with van der Waals surface area (Å²) < 4.78 is 4.70. The summed E-state index contributed by atoms with van der Waals surface area (Å²) in [7, 11) is 0. The summed E-state index contributed by atoms with van der Waals surface area (Å²) in [4.78, 5) is 9.40. The lowest BCUT2D eigenvalue weighted by atomic mass is 10.1. The number of rotatable bonds is 8. The van der Waals surface area contributed by atoms with E-state index in [9.17, 15) is 0 Å². The number of hydrogen-bond acceptors (Lipinski definition) is 7. The Morgan fingerprint density at radius 2 is 2.10 bits per heavy atom. The van der Waals surface area contributed by atoms with E-state index in [-0.39, 0.29) is 0 Å². The lowest BCUT2D eigenvalue weighted by molar-refractivity contribution is 0.490. The normalized spacial score (nSPS) is 11.6. The van der Waals surface area contributed by atoms with Gasteiger partial charge in [-0.2, -0.15) is 9.61 Å².